The maximum absolute atomic E-state index is 11.7. The lowest BCUT2D eigenvalue weighted by Crippen LogP contribution is -2.16. The Kier molecular flexibility index (Phi) is 12.6. The van der Waals surface area contributed by atoms with Crippen molar-refractivity contribution < 1.29 is 4.79 Å². The van der Waals surface area contributed by atoms with Gasteiger partial charge in [0.05, 0.1) is 6.21 Å². The standard InChI is InChI=1S/C20H33N3O/c1-2-3-4-5-6-7-8-9-10-11-12-13-20(24)23-22-18-19-14-16-21-17-15-19/h14-18H,2-13H2,1H3,(H,23,24)/b22-18-. The Morgan fingerprint density at radius 1 is 0.958 bits per heavy atom. The summed E-state index contributed by atoms with van der Waals surface area (Å²) in [6.45, 7) is 2.26. The molecule has 0 atom stereocenters. The van der Waals surface area contributed by atoms with Crippen molar-refractivity contribution in [1.82, 2.24) is 10.4 Å². The van der Waals surface area contributed by atoms with E-state index in [9.17, 15) is 4.79 Å². The van der Waals surface area contributed by atoms with Crippen LogP contribution in [0.5, 0.6) is 0 Å². The second kappa shape index (κ2) is 14.9. The molecule has 0 radical (unpaired) electrons. The summed E-state index contributed by atoms with van der Waals surface area (Å²) in [5.74, 6) is -0.00349. The number of unbranched alkanes of at least 4 members (excludes halogenated alkanes) is 10. The maximum atomic E-state index is 11.7. The highest BCUT2D eigenvalue weighted by Crippen LogP contribution is 2.11. The SMILES string of the molecule is CCCCCCCCCCCCCC(=O)N/N=C\c1ccncc1. The average molecular weight is 332 g/mol. The van der Waals surface area contributed by atoms with Crippen molar-refractivity contribution in [3.05, 3.63) is 30.1 Å². The molecular weight excluding hydrogens is 298 g/mol. The van der Waals surface area contributed by atoms with E-state index in [-0.39, 0.29) is 5.91 Å². The third-order valence-electron chi connectivity index (χ3n) is 4.12. The minimum Gasteiger partial charge on any atom is -0.273 e. The summed E-state index contributed by atoms with van der Waals surface area (Å²) < 4.78 is 0. The van der Waals surface area contributed by atoms with Crippen molar-refractivity contribution in [2.24, 2.45) is 5.10 Å². The second-order valence-electron chi connectivity index (χ2n) is 6.36. The van der Waals surface area contributed by atoms with Gasteiger partial charge in [0, 0.05) is 18.8 Å². The predicted octanol–water partition coefficient (Wildman–Crippen LogP) is 5.23. The van der Waals surface area contributed by atoms with E-state index >= 15 is 0 Å². The Morgan fingerprint density at radius 3 is 2.08 bits per heavy atom. The number of rotatable bonds is 14. The fraction of sp³-hybridized carbons (Fsp3) is 0.650. The molecule has 0 aromatic carbocycles. The highest BCUT2D eigenvalue weighted by molar-refractivity contribution is 5.82. The molecule has 0 aliphatic carbocycles. The molecule has 1 N–H and O–H groups in total. The van der Waals surface area contributed by atoms with Gasteiger partial charge in [-0.1, -0.05) is 71.1 Å². The molecule has 1 amide bonds. The van der Waals surface area contributed by atoms with Crippen molar-refractivity contribution in [3.8, 4) is 0 Å². The molecule has 1 heterocycles. The van der Waals surface area contributed by atoms with Gasteiger partial charge in [0.2, 0.25) is 5.91 Å². The number of hydrogen-bond acceptors (Lipinski definition) is 3. The zero-order valence-electron chi connectivity index (χ0n) is 15.2. The normalized spacial score (nSPS) is 11.0. The molecule has 24 heavy (non-hydrogen) atoms. The third kappa shape index (κ3) is 11.8. The first kappa shape index (κ1) is 20.3. The summed E-state index contributed by atoms with van der Waals surface area (Å²) >= 11 is 0. The van der Waals surface area contributed by atoms with Crippen LogP contribution in [0.2, 0.25) is 0 Å². The molecule has 4 heteroatoms. The van der Waals surface area contributed by atoms with Gasteiger partial charge >= 0.3 is 0 Å². The molecule has 0 aliphatic heterocycles. The Morgan fingerprint density at radius 2 is 1.50 bits per heavy atom. The number of nitrogens with one attached hydrogen (secondary N) is 1. The molecule has 0 aliphatic rings. The van der Waals surface area contributed by atoms with Crippen molar-refractivity contribution in [3.63, 3.8) is 0 Å². The van der Waals surface area contributed by atoms with E-state index in [1.54, 1.807) is 18.6 Å². The molecule has 4 nitrogen and oxygen atoms in total. The summed E-state index contributed by atoms with van der Waals surface area (Å²) in [5.41, 5.74) is 3.51. The summed E-state index contributed by atoms with van der Waals surface area (Å²) in [5, 5.41) is 3.96. The van der Waals surface area contributed by atoms with Crippen LogP contribution in [0.15, 0.2) is 29.6 Å². The van der Waals surface area contributed by atoms with Crippen molar-refractivity contribution in [2.75, 3.05) is 0 Å². The minimum absolute atomic E-state index is 0.00349. The number of aromatic nitrogens is 1. The Hall–Kier alpha value is -1.71. The number of amides is 1. The predicted molar refractivity (Wildman–Crippen MR) is 101 cm³/mol. The summed E-state index contributed by atoms with van der Waals surface area (Å²) in [4.78, 5) is 15.6. The molecule has 134 valence electrons. The van der Waals surface area contributed by atoms with Crippen molar-refractivity contribution >= 4 is 12.1 Å². The van der Waals surface area contributed by atoms with Crippen LogP contribution in [-0.2, 0) is 4.79 Å². The quantitative estimate of drug-likeness (QED) is 0.288. The molecule has 1 aromatic heterocycles. The molecule has 1 aromatic rings. The second-order valence-corrected chi connectivity index (χ2v) is 6.36. The Bertz CT molecular complexity index is 445. The fourth-order valence-electron chi connectivity index (χ4n) is 2.63. The fourth-order valence-corrected chi connectivity index (χ4v) is 2.63. The zero-order valence-corrected chi connectivity index (χ0v) is 15.2. The lowest BCUT2D eigenvalue weighted by molar-refractivity contribution is -0.121. The lowest BCUT2D eigenvalue weighted by Gasteiger charge is -2.02. The maximum Gasteiger partial charge on any atom is 0.240 e. The number of pyridine rings is 1. The van der Waals surface area contributed by atoms with Crippen LogP contribution in [0.25, 0.3) is 0 Å². The van der Waals surface area contributed by atoms with Crippen LogP contribution >= 0.6 is 0 Å². The summed E-state index contributed by atoms with van der Waals surface area (Å²) in [6, 6.07) is 3.69. The molecular formula is C20H33N3O. The molecule has 0 spiro atoms. The van der Waals surface area contributed by atoms with Gasteiger partial charge in [-0.25, -0.2) is 5.43 Å². The number of carbonyl (C=O) groups excluding carboxylic acids is 1. The zero-order chi connectivity index (χ0) is 17.3. The lowest BCUT2D eigenvalue weighted by atomic mass is 10.1. The van der Waals surface area contributed by atoms with Gasteiger partial charge in [0.1, 0.15) is 0 Å². The van der Waals surface area contributed by atoms with Gasteiger partial charge in [-0.2, -0.15) is 5.10 Å². The third-order valence-corrected chi connectivity index (χ3v) is 4.12. The summed E-state index contributed by atoms with van der Waals surface area (Å²) in [7, 11) is 0. The first-order valence-corrected chi connectivity index (χ1v) is 9.55. The number of nitrogens with zero attached hydrogens (tertiary/aromatic N) is 2. The monoisotopic (exact) mass is 331 g/mol. The minimum atomic E-state index is -0.00349. The number of hydrazone groups is 1. The van der Waals surface area contributed by atoms with E-state index in [1.807, 2.05) is 12.1 Å². The van der Waals surface area contributed by atoms with E-state index in [1.165, 1.54) is 57.8 Å². The van der Waals surface area contributed by atoms with Crippen LogP contribution in [0.4, 0.5) is 0 Å². The molecule has 0 unspecified atom stereocenters. The molecule has 0 bridgehead atoms. The largest absolute Gasteiger partial charge is 0.273 e. The smallest absolute Gasteiger partial charge is 0.240 e. The number of carbonyl (C=O) groups is 1. The van der Waals surface area contributed by atoms with Crippen LogP contribution in [-0.4, -0.2) is 17.1 Å². The Balaban J connectivity index is 1.88. The molecule has 0 saturated heterocycles. The van der Waals surface area contributed by atoms with Gasteiger partial charge in [-0.3, -0.25) is 9.78 Å². The van der Waals surface area contributed by atoms with E-state index in [0.29, 0.717) is 6.42 Å². The van der Waals surface area contributed by atoms with Crippen LogP contribution in [0.3, 0.4) is 0 Å². The highest BCUT2D eigenvalue weighted by atomic mass is 16.2. The van der Waals surface area contributed by atoms with Gasteiger partial charge in [0.15, 0.2) is 0 Å². The topological polar surface area (TPSA) is 54.4 Å². The van der Waals surface area contributed by atoms with Gasteiger partial charge < -0.3 is 0 Å². The van der Waals surface area contributed by atoms with Crippen LogP contribution in [0, 0.1) is 0 Å². The van der Waals surface area contributed by atoms with E-state index in [2.05, 4.69) is 22.4 Å². The first-order chi connectivity index (χ1) is 11.8. The van der Waals surface area contributed by atoms with Gasteiger partial charge in [0.25, 0.3) is 0 Å². The summed E-state index contributed by atoms with van der Waals surface area (Å²) in [6.07, 6.45) is 19.8. The van der Waals surface area contributed by atoms with Crippen LogP contribution in [0.1, 0.15) is 89.5 Å². The molecule has 0 saturated carbocycles. The van der Waals surface area contributed by atoms with Crippen molar-refractivity contribution in [1.29, 1.82) is 0 Å². The number of hydrogen-bond donors (Lipinski definition) is 1. The highest BCUT2D eigenvalue weighted by Gasteiger charge is 1.99. The molecule has 0 fully saturated rings. The van der Waals surface area contributed by atoms with Crippen molar-refractivity contribution in [2.45, 2.75) is 84.0 Å². The van der Waals surface area contributed by atoms with E-state index in [0.717, 1.165) is 18.4 Å². The van der Waals surface area contributed by atoms with E-state index < -0.39 is 0 Å². The van der Waals surface area contributed by atoms with Gasteiger partial charge in [-0.15, -0.1) is 0 Å². The first-order valence-electron chi connectivity index (χ1n) is 9.55. The average Bonchev–Trinajstić information content (AvgIpc) is 2.60. The van der Waals surface area contributed by atoms with E-state index in [4.69, 9.17) is 0 Å². The molecule has 1 rings (SSSR count). The van der Waals surface area contributed by atoms with Gasteiger partial charge in [-0.05, 0) is 24.1 Å². The van der Waals surface area contributed by atoms with Crippen LogP contribution < -0.4 is 5.43 Å². The Labute approximate surface area is 147 Å².